The fraction of sp³-hybridized carbons (Fsp3) is 0.130. The molecule has 0 bridgehead atoms. The smallest absolute Gasteiger partial charge is 0.259 e. The fourth-order valence-corrected chi connectivity index (χ4v) is 3.74. The number of para-hydroxylation sites is 1. The van der Waals surface area contributed by atoms with E-state index in [4.69, 9.17) is 32.7 Å². The van der Waals surface area contributed by atoms with Gasteiger partial charge in [-0.15, -0.1) is 0 Å². The van der Waals surface area contributed by atoms with Crippen LogP contribution in [0.25, 0.3) is 0 Å². The number of hydrogen-bond donors (Lipinski definition) is 2. The van der Waals surface area contributed by atoms with Crippen molar-refractivity contribution >= 4 is 56.9 Å². The number of hydrogen-bond acceptors (Lipinski definition) is 5. The number of rotatable bonds is 9. The second-order valence-corrected chi connectivity index (χ2v) is 8.27. The van der Waals surface area contributed by atoms with E-state index in [1.807, 2.05) is 30.3 Å². The molecule has 3 rings (SSSR count). The van der Waals surface area contributed by atoms with E-state index in [9.17, 15) is 4.79 Å². The minimum Gasteiger partial charge on any atom is -0.493 e. The molecule has 9 heteroatoms. The maximum absolute atomic E-state index is 12.0. The predicted molar refractivity (Wildman–Crippen MR) is 132 cm³/mol. The number of nitrogens with one attached hydrogen (secondary N) is 2. The van der Waals surface area contributed by atoms with Gasteiger partial charge in [0.1, 0.15) is 6.61 Å². The molecule has 0 fully saturated rings. The predicted octanol–water partition coefficient (Wildman–Crippen LogP) is 5.91. The monoisotopic (exact) mass is 535 g/mol. The number of halogens is 3. The number of carbonyl (C=O) groups excluding carboxylic acids is 1. The number of hydrazone groups is 1. The van der Waals surface area contributed by atoms with Gasteiger partial charge in [0.2, 0.25) is 0 Å². The van der Waals surface area contributed by atoms with Gasteiger partial charge in [-0.05, 0) is 57.9 Å². The van der Waals surface area contributed by atoms with Crippen LogP contribution in [0.4, 0.5) is 5.69 Å². The number of benzene rings is 3. The third-order valence-electron chi connectivity index (χ3n) is 4.27. The van der Waals surface area contributed by atoms with E-state index in [1.165, 1.54) is 6.21 Å². The molecule has 0 saturated heterocycles. The molecule has 166 valence electrons. The first-order chi connectivity index (χ1) is 15.5. The van der Waals surface area contributed by atoms with Crippen molar-refractivity contribution in [1.29, 1.82) is 0 Å². The molecule has 0 heterocycles. The first-order valence-corrected chi connectivity index (χ1v) is 11.1. The van der Waals surface area contributed by atoms with Crippen LogP contribution in [-0.4, -0.2) is 25.8 Å². The fourth-order valence-electron chi connectivity index (χ4n) is 2.70. The molecule has 0 atom stereocenters. The van der Waals surface area contributed by atoms with Crippen molar-refractivity contribution in [2.24, 2.45) is 5.10 Å². The largest absolute Gasteiger partial charge is 0.493 e. The molecular weight excluding hydrogens is 517 g/mol. The number of methoxy groups -OCH3 is 1. The lowest BCUT2D eigenvalue weighted by molar-refractivity contribution is -0.119. The van der Waals surface area contributed by atoms with E-state index < -0.39 is 0 Å². The molecule has 0 spiro atoms. The molecule has 0 radical (unpaired) electrons. The standard InChI is InChI=1S/C23H20BrCl2N3O3/c1-31-21-10-15(12-28-29-22(30)13-27-18-5-3-2-4-6-18)9-19(24)23(21)32-14-16-7-8-17(25)11-20(16)26/h2-12,27H,13-14H2,1H3,(H,29,30)/b28-12-. The summed E-state index contributed by atoms with van der Waals surface area (Å²) in [6, 6.07) is 18.2. The molecule has 6 nitrogen and oxygen atoms in total. The van der Waals surface area contributed by atoms with Crippen molar-refractivity contribution in [3.8, 4) is 11.5 Å². The summed E-state index contributed by atoms with van der Waals surface area (Å²) < 4.78 is 12.0. The average molecular weight is 537 g/mol. The van der Waals surface area contributed by atoms with Crippen LogP contribution in [0.3, 0.4) is 0 Å². The van der Waals surface area contributed by atoms with Crippen LogP contribution in [0.5, 0.6) is 11.5 Å². The van der Waals surface area contributed by atoms with Gasteiger partial charge in [-0.2, -0.15) is 5.10 Å². The Labute approximate surface area is 204 Å². The Morgan fingerprint density at radius 3 is 2.62 bits per heavy atom. The van der Waals surface area contributed by atoms with Crippen LogP contribution in [0.15, 0.2) is 70.2 Å². The third kappa shape index (κ3) is 6.88. The van der Waals surface area contributed by atoms with Crippen molar-refractivity contribution in [3.05, 3.63) is 86.3 Å². The summed E-state index contributed by atoms with van der Waals surface area (Å²) >= 11 is 15.6. The highest BCUT2D eigenvalue weighted by molar-refractivity contribution is 9.10. The van der Waals surface area contributed by atoms with E-state index in [-0.39, 0.29) is 19.1 Å². The van der Waals surface area contributed by atoms with Gasteiger partial charge in [-0.3, -0.25) is 4.79 Å². The van der Waals surface area contributed by atoms with Crippen molar-refractivity contribution in [2.45, 2.75) is 6.61 Å². The SMILES string of the molecule is COc1cc(/C=N\NC(=O)CNc2ccccc2)cc(Br)c1OCc1ccc(Cl)cc1Cl. The Hall–Kier alpha value is -2.74. The zero-order valence-corrected chi connectivity index (χ0v) is 20.2. The third-order valence-corrected chi connectivity index (χ3v) is 5.44. The molecule has 0 aromatic heterocycles. The van der Waals surface area contributed by atoms with Gasteiger partial charge < -0.3 is 14.8 Å². The van der Waals surface area contributed by atoms with Crippen molar-refractivity contribution < 1.29 is 14.3 Å². The summed E-state index contributed by atoms with van der Waals surface area (Å²) in [5.41, 5.74) is 4.85. The first kappa shape index (κ1) is 23.9. The van der Waals surface area contributed by atoms with Crippen molar-refractivity contribution in [1.82, 2.24) is 5.43 Å². The number of ether oxygens (including phenoxy) is 2. The topological polar surface area (TPSA) is 72.0 Å². The zero-order valence-electron chi connectivity index (χ0n) is 17.1. The summed E-state index contributed by atoms with van der Waals surface area (Å²) in [6.07, 6.45) is 1.52. The molecule has 32 heavy (non-hydrogen) atoms. The van der Waals surface area contributed by atoms with Crippen LogP contribution >= 0.6 is 39.1 Å². The number of amides is 1. The Bertz CT molecular complexity index is 1110. The minimum atomic E-state index is -0.268. The normalized spacial score (nSPS) is 10.8. The van der Waals surface area contributed by atoms with Gasteiger partial charge in [0, 0.05) is 21.3 Å². The Balaban J connectivity index is 1.60. The molecule has 0 unspecified atom stereocenters. The van der Waals surface area contributed by atoms with Gasteiger partial charge in [0.05, 0.1) is 24.3 Å². The van der Waals surface area contributed by atoms with Crippen LogP contribution in [0.2, 0.25) is 10.0 Å². The van der Waals surface area contributed by atoms with Crippen molar-refractivity contribution in [2.75, 3.05) is 19.0 Å². The quantitative estimate of drug-likeness (QED) is 0.263. The van der Waals surface area contributed by atoms with Crippen molar-refractivity contribution in [3.63, 3.8) is 0 Å². The molecular formula is C23H20BrCl2N3O3. The van der Waals surface area contributed by atoms with E-state index in [2.05, 4.69) is 31.8 Å². The maximum Gasteiger partial charge on any atom is 0.259 e. The van der Waals surface area contributed by atoms with Crippen LogP contribution < -0.4 is 20.2 Å². The Morgan fingerprint density at radius 1 is 1.12 bits per heavy atom. The highest BCUT2D eigenvalue weighted by Crippen LogP contribution is 2.37. The molecule has 3 aromatic carbocycles. The average Bonchev–Trinajstić information content (AvgIpc) is 2.78. The lowest BCUT2D eigenvalue weighted by Gasteiger charge is -2.14. The maximum atomic E-state index is 12.0. The van der Waals surface area contributed by atoms with Gasteiger partial charge >= 0.3 is 0 Å². The summed E-state index contributed by atoms with van der Waals surface area (Å²) in [4.78, 5) is 12.0. The lowest BCUT2D eigenvalue weighted by Crippen LogP contribution is -2.25. The summed E-state index contributed by atoms with van der Waals surface area (Å²) in [5, 5.41) is 8.10. The molecule has 0 aliphatic rings. The molecule has 1 amide bonds. The van der Waals surface area contributed by atoms with Crippen LogP contribution in [0.1, 0.15) is 11.1 Å². The van der Waals surface area contributed by atoms with Gasteiger partial charge in [0.15, 0.2) is 11.5 Å². The van der Waals surface area contributed by atoms with E-state index in [0.717, 1.165) is 11.3 Å². The zero-order chi connectivity index (χ0) is 22.9. The lowest BCUT2D eigenvalue weighted by atomic mass is 10.2. The van der Waals surface area contributed by atoms with E-state index >= 15 is 0 Å². The van der Waals surface area contributed by atoms with E-state index in [1.54, 1.807) is 37.4 Å². The van der Waals surface area contributed by atoms with Gasteiger partial charge in [-0.1, -0.05) is 47.5 Å². The second kappa shape index (κ2) is 11.8. The summed E-state index contributed by atoms with van der Waals surface area (Å²) in [6.45, 7) is 0.345. The molecule has 3 aromatic rings. The van der Waals surface area contributed by atoms with Crippen LogP contribution in [0, 0.1) is 0 Å². The number of carbonyl (C=O) groups is 1. The molecule has 2 N–H and O–H groups in total. The Kier molecular flexibility index (Phi) is 8.79. The highest BCUT2D eigenvalue weighted by Gasteiger charge is 2.13. The van der Waals surface area contributed by atoms with Gasteiger partial charge in [0.25, 0.3) is 5.91 Å². The molecule has 0 saturated carbocycles. The molecule has 0 aliphatic carbocycles. The second-order valence-electron chi connectivity index (χ2n) is 6.57. The summed E-state index contributed by atoms with van der Waals surface area (Å²) in [5.74, 6) is 0.755. The van der Waals surface area contributed by atoms with E-state index in [0.29, 0.717) is 31.6 Å². The van der Waals surface area contributed by atoms with Gasteiger partial charge in [-0.25, -0.2) is 5.43 Å². The number of nitrogens with zero attached hydrogens (tertiary/aromatic N) is 1. The highest BCUT2D eigenvalue weighted by atomic mass is 79.9. The minimum absolute atomic E-state index is 0.106. The first-order valence-electron chi connectivity index (χ1n) is 9.51. The number of anilines is 1. The van der Waals surface area contributed by atoms with Crippen LogP contribution in [-0.2, 0) is 11.4 Å². The Morgan fingerprint density at radius 2 is 1.91 bits per heavy atom. The molecule has 0 aliphatic heterocycles. The summed E-state index contributed by atoms with van der Waals surface area (Å²) in [7, 11) is 1.54.